The average Bonchev–Trinajstić information content (AvgIpc) is 2.91. The number of thiol groups is 1. The van der Waals surface area contributed by atoms with E-state index in [1.807, 2.05) is 47.0 Å². The second-order valence-corrected chi connectivity index (χ2v) is 5.62. The van der Waals surface area contributed by atoms with Gasteiger partial charge in [-0.1, -0.05) is 18.2 Å². The SMILES string of the molecule is O=C(CCS)Nc1nc2ccccc2n1CCc1ccccn1. The van der Waals surface area contributed by atoms with E-state index in [0.29, 0.717) is 24.7 Å². The molecule has 3 aromatic rings. The summed E-state index contributed by atoms with van der Waals surface area (Å²) in [6.07, 6.45) is 2.93. The summed E-state index contributed by atoms with van der Waals surface area (Å²) in [5, 5.41) is 2.88. The standard InChI is InChI=1S/C17H18N4OS/c22-16(9-12-23)20-17-19-14-6-1-2-7-15(14)21(17)11-8-13-5-3-4-10-18-13/h1-7,10,23H,8-9,11-12H2,(H,19,20,22). The van der Waals surface area contributed by atoms with Gasteiger partial charge in [0.1, 0.15) is 0 Å². The van der Waals surface area contributed by atoms with Crippen molar-refractivity contribution in [2.45, 2.75) is 19.4 Å². The van der Waals surface area contributed by atoms with Gasteiger partial charge in [-0.05, 0) is 30.0 Å². The van der Waals surface area contributed by atoms with Gasteiger partial charge in [0.15, 0.2) is 0 Å². The van der Waals surface area contributed by atoms with Gasteiger partial charge in [0.2, 0.25) is 11.9 Å². The lowest BCUT2D eigenvalue weighted by molar-refractivity contribution is -0.115. The third-order valence-electron chi connectivity index (χ3n) is 3.56. The molecule has 0 saturated carbocycles. The Hall–Kier alpha value is -2.34. The molecule has 0 saturated heterocycles. The molecule has 0 bridgehead atoms. The summed E-state index contributed by atoms with van der Waals surface area (Å²) in [4.78, 5) is 20.8. The van der Waals surface area contributed by atoms with E-state index in [9.17, 15) is 4.79 Å². The van der Waals surface area contributed by atoms with Gasteiger partial charge in [-0.15, -0.1) is 0 Å². The molecule has 0 unspecified atom stereocenters. The van der Waals surface area contributed by atoms with Gasteiger partial charge < -0.3 is 4.57 Å². The Morgan fingerprint density at radius 1 is 1.17 bits per heavy atom. The zero-order valence-corrected chi connectivity index (χ0v) is 13.5. The maximum atomic E-state index is 11.9. The lowest BCUT2D eigenvalue weighted by atomic mass is 10.2. The Morgan fingerprint density at radius 2 is 2.00 bits per heavy atom. The normalized spacial score (nSPS) is 10.8. The summed E-state index contributed by atoms with van der Waals surface area (Å²) in [7, 11) is 0. The smallest absolute Gasteiger partial charge is 0.227 e. The van der Waals surface area contributed by atoms with Gasteiger partial charge in [0.05, 0.1) is 11.0 Å². The third-order valence-corrected chi connectivity index (χ3v) is 3.79. The average molecular weight is 326 g/mol. The van der Waals surface area contributed by atoms with Crippen LogP contribution in [0, 0.1) is 0 Å². The minimum Gasteiger partial charge on any atom is -0.310 e. The van der Waals surface area contributed by atoms with E-state index in [0.717, 1.165) is 23.1 Å². The number of benzene rings is 1. The van der Waals surface area contributed by atoms with Crippen molar-refractivity contribution in [2.75, 3.05) is 11.1 Å². The number of hydrogen-bond donors (Lipinski definition) is 2. The highest BCUT2D eigenvalue weighted by Crippen LogP contribution is 2.20. The fraction of sp³-hybridized carbons (Fsp3) is 0.235. The van der Waals surface area contributed by atoms with Crippen molar-refractivity contribution in [3.63, 3.8) is 0 Å². The van der Waals surface area contributed by atoms with Crippen LogP contribution in [0.3, 0.4) is 0 Å². The predicted octanol–water partition coefficient (Wildman–Crippen LogP) is 2.93. The number of anilines is 1. The quantitative estimate of drug-likeness (QED) is 0.685. The molecule has 0 radical (unpaired) electrons. The number of para-hydroxylation sites is 2. The van der Waals surface area contributed by atoms with Gasteiger partial charge >= 0.3 is 0 Å². The first-order valence-electron chi connectivity index (χ1n) is 7.54. The van der Waals surface area contributed by atoms with Crippen molar-refractivity contribution in [1.29, 1.82) is 0 Å². The number of amides is 1. The van der Waals surface area contributed by atoms with Gasteiger partial charge in [0, 0.05) is 31.3 Å². The van der Waals surface area contributed by atoms with Gasteiger partial charge in [-0.3, -0.25) is 15.1 Å². The van der Waals surface area contributed by atoms with Crippen LogP contribution in [0.5, 0.6) is 0 Å². The molecule has 0 spiro atoms. The van der Waals surface area contributed by atoms with Crippen LogP contribution in [0.2, 0.25) is 0 Å². The van der Waals surface area contributed by atoms with Crippen LogP contribution in [0.4, 0.5) is 5.95 Å². The fourth-order valence-electron chi connectivity index (χ4n) is 2.46. The Labute approximate surface area is 140 Å². The van der Waals surface area contributed by atoms with Crippen LogP contribution < -0.4 is 5.32 Å². The molecule has 1 aromatic carbocycles. The van der Waals surface area contributed by atoms with E-state index >= 15 is 0 Å². The summed E-state index contributed by atoms with van der Waals surface area (Å²) >= 11 is 4.09. The predicted molar refractivity (Wildman–Crippen MR) is 94.8 cm³/mol. The highest BCUT2D eigenvalue weighted by atomic mass is 32.1. The highest BCUT2D eigenvalue weighted by Gasteiger charge is 2.12. The molecule has 118 valence electrons. The number of pyridine rings is 1. The molecule has 1 amide bonds. The number of nitrogens with one attached hydrogen (secondary N) is 1. The zero-order chi connectivity index (χ0) is 16.1. The van der Waals surface area contributed by atoms with E-state index < -0.39 is 0 Å². The maximum Gasteiger partial charge on any atom is 0.227 e. The molecule has 6 heteroatoms. The number of nitrogens with zero attached hydrogens (tertiary/aromatic N) is 3. The van der Waals surface area contributed by atoms with Gasteiger partial charge in [0.25, 0.3) is 0 Å². The first kappa shape index (κ1) is 15.6. The van der Waals surface area contributed by atoms with Crippen LogP contribution in [-0.2, 0) is 17.8 Å². The molecule has 0 aliphatic heterocycles. The Balaban J connectivity index is 1.88. The lowest BCUT2D eigenvalue weighted by Crippen LogP contribution is -2.16. The summed E-state index contributed by atoms with van der Waals surface area (Å²) in [5.41, 5.74) is 2.89. The summed E-state index contributed by atoms with van der Waals surface area (Å²) < 4.78 is 2.03. The Morgan fingerprint density at radius 3 is 2.78 bits per heavy atom. The number of fused-ring (bicyclic) bond motifs is 1. The van der Waals surface area contributed by atoms with E-state index in [4.69, 9.17) is 0 Å². The number of aromatic nitrogens is 3. The number of rotatable bonds is 6. The molecule has 0 fully saturated rings. The first-order chi connectivity index (χ1) is 11.3. The van der Waals surface area contributed by atoms with Crippen molar-refractivity contribution in [2.24, 2.45) is 0 Å². The van der Waals surface area contributed by atoms with Crippen LogP contribution in [-0.4, -0.2) is 26.2 Å². The summed E-state index contributed by atoms with van der Waals surface area (Å²) in [6, 6.07) is 13.7. The van der Waals surface area contributed by atoms with E-state index in [1.54, 1.807) is 6.20 Å². The molecule has 2 aromatic heterocycles. The van der Waals surface area contributed by atoms with Crippen molar-refractivity contribution >= 4 is 35.5 Å². The van der Waals surface area contributed by atoms with E-state index in [1.165, 1.54) is 0 Å². The van der Waals surface area contributed by atoms with Crippen molar-refractivity contribution in [3.8, 4) is 0 Å². The van der Waals surface area contributed by atoms with Crippen LogP contribution in [0.15, 0.2) is 48.7 Å². The zero-order valence-electron chi connectivity index (χ0n) is 12.6. The van der Waals surface area contributed by atoms with Gasteiger partial charge in [-0.25, -0.2) is 4.98 Å². The van der Waals surface area contributed by atoms with Gasteiger partial charge in [-0.2, -0.15) is 12.6 Å². The maximum absolute atomic E-state index is 11.9. The molecule has 1 N–H and O–H groups in total. The molecular weight excluding hydrogens is 308 g/mol. The fourth-order valence-corrected chi connectivity index (χ4v) is 2.66. The van der Waals surface area contributed by atoms with Crippen LogP contribution in [0.25, 0.3) is 11.0 Å². The first-order valence-corrected chi connectivity index (χ1v) is 8.17. The number of carbonyl (C=O) groups excluding carboxylic acids is 1. The van der Waals surface area contributed by atoms with E-state index in [-0.39, 0.29) is 5.91 Å². The monoisotopic (exact) mass is 326 g/mol. The third kappa shape index (κ3) is 3.71. The Bertz CT molecular complexity index is 801. The minimum atomic E-state index is -0.0746. The van der Waals surface area contributed by atoms with E-state index in [2.05, 4.69) is 27.9 Å². The topological polar surface area (TPSA) is 59.8 Å². The number of aryl methyl sites for hydroxylation is 2. The number of imidazole rings is 1. The molecule has 3 rings (SSSR count). The molecule has 23 heavy (non-hydrogen) atoms. The molecular formula is C17H18N4OS. The molecule has 2 heterocycles. The lowest BCUT2D eigenvalue weighted by Gasteiger charge is -2.09. The summed E-state index contributed by atoms with van der Waals surface area (Å²) in [6.45, 7) is 0.702. The van der Waals surface area contributed by atoms with Crippen LogP contribution in [0.1, 0.15) is 12.1 Å². The van der Waals surface area contributed by atoms with Crippen LogP contribution >= 0.6 is 12.6 Å². The number of hydrogen-bond acceptors (Lipinski definition) is 4. The molecule has 0 atom stereocenters. The minimum absolute atomic E-state index is 0.0746. The Kier molecular flexibility index (Phi) is 4.92. The largest absolute Gasteiger partial charge is 0.310 e. The van der Waals surface area contributed by atoms with Crippen molar-refractivity contribution in [3.05, 3.63) is 54.4 Å². The number of carbonyl (C=O) groups is 1. The van der Waals surface area contributed by atoms with Crippen molar-refractivity contribution in [1.82, 2.24) is 14.5 Å². The second kappa shape index (κ2) is 7.28. The summed E-state index contributed by atoms with van der Waals surface area (Å²) in [5.74, 6) is 1.02. The second-order valence-electron chi connectivity index (χ2n) is 5.17. The molecule has 0 aliphatic carbocycles. The molecule has 0 aliphatic rings. The highest BCUT2D eigenvalue weighted by molar-refractivity contribution is 7.80. The van der Waals surface area contributed by atoms with Crippen molar-refractivity contribution < 1.29 is 4.79 Å². The molecule has 5 nitrogen and oxygen atoms in total.